The predicted octanol–water partition coefficient (Wildman–Crippen LogP) is 1.88. The first kappa shape index (κ1) is 11.0. The van der Waals surface area contributed by atoms with E-state index in [2.05, 4.69) is 9.88 Å². The summed E-state index contributed by atoms with van der Waals surface area (Å²) in [6, 6.07) is 0. The van der Waals surface area contributed by atoms with Crippen molar-refractivity contribution in [3.63, 3.8) is 0 Å². The highest BCUT2D eigenvalue weighted by atomic mass is 32.1. The zero-order chi connectivity index (χ0) is 10.7. The van der Waals surface area contributed by atoms with E-state index in [9.17, 15) is 5.11 Å². The third kappa shape index (κ3) is 3.26. The second kappa shape index (κ2) is 4.60. The SMILES string of the molecule is CC1(O)CCCN(Cc2nccs2)CC1. The summed E-state index contributed by atoms with van der Waals surface area (Å²) in [6.07, 6.45) is 4.73. The molecule has 2 rings (SSSR count). The molecule has 0 amide bonds. The van der Waals surface area contributed by atoms with Gasteiger partial charge in [-0.2, -0.15) is 0 Å². The highest BCUT2D eigenvalue weighted by molar-refractivity contribution is 7.09. The monoisotopic (exact) mass is 226 g/mol. The minimum absolute atomic E-state index is 0.461. The van der Waals surface area contributed by atoms with Crippen molar-refractivity contribution in [2.45, 2.75) is 38.3 Å². The number of likely N-dealkylation sites (tertiary alicyclic amines) is 1. The van der Waals surface area contributed by atoms with E-state index in [1.165, 1.54) is 5.01 Å². The molecular weight excluding hydrogens is 208 g/mol. The standard InChI is InChI=1S/C11H18N2OS/c1-11(14)3-2-6-13(7-4-11)9-10-12-5-8-15-10/h5,8,14H,2-4,6-7,9H2,1H3. The van der Waals surface area contributed by atoms with Crippen LogP contribution in [0.15, 0.2) is 11.6 Å². The summed E-state index contributed by atoms with van der Waals surface area (Å²) < 4.78 is 0. The van der Waals surface area contributed by atoms with Gasteiger partial charge in [0.1, 0.15) is 5.01 Å². The summed E-state index contributed by atoms with van der Waals surface area (Å²) in [5.41, 5.74) is -0.461. The lowest BCUT2D eigenvalue weighted by atomic mass is 9.98. The van der Waals surface area contributed by atoms with Gasteiger partial charge in [-0.05, 0) is 32.7 Å². The maximum absolute atomic E-state index is 9.96. The average Bonchev–Trinajstić information content (AvgIpc) is 2.60. The second-order valence-electron chi connectivity index (χ2n) is 4.55. The molecule has 1 unspecified atom stereocenters. The topological polar surface area (TPSA) is 36.4 Å². The Balaban J connectivity index is 1.89. The van der Waals surface area contributed by atoms with Crippen LogP contribution in [-0.4, -0.2) is 33.7 Å². The molecule has 1 aromatic rings. The van der Waals surface area contributed by atoms with Crippen molar-refractivity contribution < 1.29 is 5.11 Å². The van der Waals surface area contributed by atoms with E-state index in [4.69, 9.17) is 0 Å². The molecule has 0 bridgehead atoms. The molecule has 4 heteroatoms. The number of thiazole rings is 1. The Kier molecular flexibility index (Phi) is 3.38. The highest BCUT2D eigenvalue weighted by Crippen LogP contribution is 2.22. The summed E-state index contributed by atoms with van der Waals surface area (Å²) in [7, 11) is 0. The van der Waals surface area contributed by atoms with Gasteiger partial charge < -0.3 is 5.11 Å². The van der Waals surface area contributed by atoms with Crippen molar-refractivity contribution in [2.24, 2.45) is 0 Å². The average molecular weight is 226 g/mol. The van der Waals surface area contributed by atoms with Crippen LogP contribution in [0.2, 0.25) is 0 Å². The van der Waals surface area contributed by atoms with Crippen molar-refractivity contribution in [2.75, 3.05) is 13.1 Å². The van der Waals surface area contributed by atoms with Crippen molar-refractivity contribution >= 4 is 11.3 Å². The van der Waals surface area contributed by atoms with Crippen LogP contribution in [0, 0.1) is 0 Å². The number of hydrogen-bond donors (Lipinski definition) is 1. The molecule has 1 aliphatic heterocycles. The van der Waals surface area contributed by atoms with Gasteiger partial charge in [0.25, 0.3) is 0 Å². The number of hydrogen-bond acceptors (Lipinski definition) is 4. The summed E-state index contributed by atoms with van der Waals surface area (Å²) in [6.45, 7) is 4.94. The summed E-state index contributed by atoms with van der Waals surface area (Å²) in [4.78, 5) is 6.68. The van der Waals surface area contributed by atoms with Gasteiger partial charge in [-0.3, -0.25) is 4.90 Å². The molecule has 0 radical (unpaired) electrons. The maximum Gasteiger partial charge on any atom is 0.107 e. The van der Waals surface area contributed by atoms with E-state index < -0.39 is 5.60 Å². The zero-order valence-electron chi connectivity index (χ0n) is 9.15. The fourth-order valence-electron chi connectivity index (χ4n) is 2.00. The zero-order valence-corrected chi connectivity index (χ0v) is 9.96. The van der Waals surface area contributed by atoms with E-state index in [0.29, 0.717) is 0 Å². The van der Waals surface area contributed by atoms with Crippen LogP contribution in [0.4, 0.5) is 0 Å². The molecule has 1 aromatic heterocycles. The summed E-state index contributed by atoms with van der Waals surface area (Å²) >= 11 is 1.71. The largest absolute Gasteiger partial charge is 0.390 e. The van der Waals surface area contributed by atoms with Crippen molar-refractivity contribution in [3.8, 4) is 0 Å². The first-order valence-corrected chi connectivity index (χ1v) is 6.37. The van der Waals surface area contributed by atoms with Crippen molar-refractivity contribution in [1.82, 2.24) is 9.88 Å². The van der Waals surface area contributed by atoms with Crippen molar-refractivity contribution in [3.05, 3.63) is 16.6 Å². The van der Waals surface area contributed by atoms with E-state index in [1.54, 1.807) is 11.3 Å². The van der Waals surface area contributed by atoms with E-state index in [-0.39, 0.29) is 0 Å². The lowest BCUT2D eigenvalue weighted by Crippen LogP contribution is -2.28. The number of aromatic nitrogens is 1. The molecule has 1 fully saturated rings. The van der Waals surface area contributed by atoms with Gasteiger partial charge in [0.2, 0.25) is 0 Å². The third-order valence-corrected chi connectivity index (χ3v) is 3.76. The molecule has 84 valence electrons. The molecule has 0 spiro atoms. The normalized spacial score (nSPS) is 28.9. The van der Waals surface area contributed by atoms with Gasteiger partial charge >= 0.3 is 0 Å². The molecule has 1 saturated heterocycles. The minimum Gasteiger partial charge on any atom is -0.390 e. The van der Waals surface area contributed by atoms with Crippen LogP contribution in [-0.2, 0) is 6.54 Å². The van der Waals surface area contributed by atoms with Crippen molar-refractivity contribution in [1.29, 1.82) is 0 Å². The lowest BCUT2D eigenvalue weighted by Gasteiger charge is -2.21. The van der Waals surface area contributed by atoms with Gasteiger partial charge in [-0.25, -0.2) is 4.98 Å². The molecule has 0 aromatic carbocycles. The fraction of sp³-hybridized carbons (Fsp3) is 0.727. The molecule has 1 N–H and O–H groups in total. The Hall–Kier alpha value is -0.450. The van der Waals surface area contributed by atoms with Crippen LogP contribution in [0.5, 0.6) is 0 Å². The fourth-order valence-corrected chi connectivity index (χ4v) is 2.66. The lowest BCUT2D eigenvalue weighted by molar-refractivity contribution is 0.0444. The molecule has 0 saturated carbocycles. The summed E-state index contributed by atoms with van der Waals surface area (Å²) in [5, 5.41) is 13.2. The smallest absolute Gasteiger partial charge is 0.107 e. The molecule has 2 heterocycles. The van der Waals surface area contributed by atoms with Crippen LogP contribution >= 0.6 is 11.3 Å². The van der Waals surface area contributed by atoms with Gasteiger partial charge in [0.15, 0.2) is 0 Å². The first-order chi connectivity index (χ1) is 7.16. The number of rotatable bonds is 2. The third-order valence-electron chi connectivity index (χ3n) is 3.00. The molecule has 15 heavy (non-hydrogen) atoms. The second-order valence-corrected chi connectivity index (χ2v) is 5.53. The molecular formula is C11H18N2OS. The number of aliphatic hydroxyl groups is 1. The first-order valence-electron chi connectivity index (χ1n) is 5.49. The maximum atomic E-state index is 9.96. The molecule has 1 aliphatic rings. The van der Waals surface area contributed by atoms with Gasteiger partial charge in [0.05, 0.1) is 12.1 Å². The van der Waals surface area contributed by atoms with E-state index in [1.807, 2.05) is 18.5 Å². The Morgan fingerprint density at radius 1 is 1.53 bits per heavy atom. The van der Waals surface area contributed by atoms with Crippen LogP contribution in [0.3, 0.4) is 0 Å². The molecule has 1 atom stereocenters. The number of nitrogens with zero attached hydrogens (tertiary/aromatic N) is 2. The molecule has 0 aliphatic carbocycles. The molecule has 3 nitrogen and oxygen atoms in total. The van der Waals surface area contributed by atoms with Gasteiger partial charge in [-0.1, -0.05) is 0 Å². The minimum atomic E-state index is -0.461. The van der Waals surface area contributed by atoms with Crippen LogP contribution < -0.4 is 0 Å². The van der Waals surface area contributed by atoms with E-state index >= 15 is 0 Å². The Morgan fingerprint density at radius 3 is 3.13 bits per heavy atom. The Morgan fingerprint density at radius 2 is 2.40 bits per heavy atom. The summed E-state index contributed by atoms with van der Waals surface area (Å²) in [5.74, 6) is 0. The predicted molar refractivity (Wildman–Crippen MR) is 61.9 cm³/mol. The van der Waals surface area contributed by atoms with Crippen LogP contribution in [0.1, 0.15) is 31.2 Å². The quantitative estimate of drug-likeness (QED) is 0.836. The Labute approximate surface area is 94.8 Å². The van der Waals surface area contributed by atoms with Crippen LogP contribution in [0.25, 0.3) is 0 Å². The highest BCUT2D eigenvalue weighted by Gasteiger charge is 2.24. The Bertz CT molecular complexity index is 298. The van der Waals surface area contributed by atoms with Gasteiger partial charge in [-0.15, -0.1) is 11.3 Å². The van der Waals surface area contributed by atoms with Gasteiger partial charge in [0, 0.05) is 18.1 Å². The van der Waals surface area contributed by atoms with E-state index in [0.717, 1.165) is 38.9 Å².